The molecule has 4 nitrogen and oxygen atoms in total. The van der Waals surface area contributed by atoms with Gasteiger partial charge in [-0.15, -0.1) is 0 Å². The van der Waals surface area contributed by atoms with Gasteiger partial charge in [0.25, 0.3) is 0 Å². The van der Waals surface area contributed by atoms with Crippen molar-refractivity contribution in [3.63, 3.8) is 0 Å². The molecule has 2 aromatic rings. The van der Waals surface area contributed by atoms with Crippen LogP contribution in [0.2, 0.25) is 0 Å². The third-order valence-corrected chi connectivity index (χ3v) is 2.84. The van der Waals surface area contributed by atoms with Gasteiger partial charge in [-0.05, 0) is 18.2 Å². The van der Waals surface area contributed by atoms with Crippen LogP contribution in [0.1, 0.15) is 5.56 Å². The van der Waals surface area contributed by atoms with Crippen LogP contribution in [-0.4, -0.2) is 14.2 Å². The SMILES string of the molecule is COc1cccc(NCc2ccccc2[O])c1OC. The van der Waals surface area contributed by atoms with E-state index in [-0.39, 0.29) is 5.75 Å². The predicted octanol–water partition coefficient (Wildman–Crippen LogP) is 3.46. The van der Waals surface area contributed by atoms with E-state index in [9.17, 15) is 5.11 Å². The summed E-state index contributed by atoms with van der Waals surface area (Å²) < 4.78 is 10.5. The smallest absolute Gasteiger partial charge is 0.183 e. The summed E-state index contributed by atoms with van der Waals surface area (Å²) in [7, 11) is 3.18. The molecular formula is C15H16NO3. The van der Waals surface area contributed by atoms with Crippen LogP contribution in [0.15, 0.2) is 42.5 Å². The zero-order valence-electron chi connectivity index (χ0n) is 11.0. The van der Waals surface area contributed by atoms with Crippen LogP contribution in [0.3, 0.4) is 0 Å². The van der Waals surface area contributed by atoms with Crippen molar-refractivity contribution in [3.8, 4) is 17.2 Å². The van der Waals surface area contributed by atoms with Gasteiger partial charge in [0.1, 0.15) is 0 Å². The molecule has 0 amide bonds. The number of anilines is 1. The maximum Gasteiger partial charge on any atom is 0.183 e. The Morgan fingerprint density at radius 1 is 1.00 bits per heavy atom. The Bertz CT molecular complexity index is 555. The van der Waals surface area contributed by atoms with E-state index in [0.29, 0.717) is 23.6 Å². The number of benzene rings is 2. The summed E-state index contributed by atoms with van der Waals surface area (Å²) in [5, 5.41) is 14.8. The van der Waals surface area contributed by atoms with E-state index in [1.165, 1.54) is 0 Å². The minimum Gasteiger partial charge on any atom is -0.493 e. The van der Waals surface area contributed by atoms with Gasteiger partial charge in [-0.1, -0.05) is 24.3 Å². The lowest BCUT2D eigenvalue weighted by Gasteiger charge is -2.14. The van der Waals surface area contributed by atoms with Crippen LogP contribution in [0.4, 0.5) is 5.69 Å². The minimum absolute atomic E-state index is 0.0249. The summed E-state index contributed by atoms with van der Waals surface area (Å²) >= 11 is 0. The number of methoxy groups -OCH3 is 2. The van der Waals surface area contributed by atoms with Gasteiger partial charge in [0.05, 0.1) is 19.9 Å². The average molecular weight is 258 g/mol. The summed E-state index contributed by atoms with van der Waals surface area (Å²) in [4.78, 5) is 0. The maximum atomic E-state index is 11.6. The molecule has 0 atom stereocenters. The number of hydrogen-bond donors (Lipinski definition) is 1. The molecular weight excluding hydrogens is 242 g/mol. The van der Waals surface area contributed by atoms with Gasteiger partial charge in [-0.25, -0.2) is 0 Å². The lowest BCUT2D eigenvalue weighted by molar-refractivity contribution is 0.350. The molecule has 99 valence electrons. The molecule has 0 fully saturated rings. The van der Waals surface area contributed by atoms with Gasteiger partial charge in [0, 0.05) is 12.1 Å². The second kappa shape index (κ2) is 6.00. The maximum absolute atomic E-state index is 11.6. The van der Waals surface area contributed by atoms with Crippen molar-refractivity contribution in [2.75, 3.05) is 19.5 Å². The molecule has 0 bridgehead atoms. The van der Waals surface area contributed by atoms with Gasteiger partial charge in [-0.3, -0.25) is 5.11 Å². The van der Waals surface area contributed by atoms with Crippen molar-refractivity contribution in [2.45, 2.75) is 6.54 Å². The molecule has 0 heterocycles. The number of rotatable bonds is 5. The second-order valence-electron chi connectivity index (χ2n) is 4.00. The highest BCUT2D eigenvalue weighted by molar-refractivity contribution is 5.63. The Morgan fingerprint density at radius 2 is 1.79 bits per heavy atom. The van der Waals surface area contributed by atoms with Gasteiger partial charge >= 0.3 is 0 Å². The predicted molar refractivity (Wildman–Crippen MR) is 73.4 cm³/mol. The zero-order valence-corrected chi connectivity index (χ0v) is 11.0. The highest BCUT2D eigenvalue weighted by Crippen LogP contribution is 2.35. The molecule has 0 aromatic heterocycles. The number of ether oxygens (including phenoxy) is 2. The molecule has 0 saturated carbocycles. The van der Waals surface area contributed by atoms with E-state index in [4.69, 9.17) is 9.47 Å². The van der Waals surface area contributed by atoms with Crippen LogP contribution in [0, 0.1) is 0 Å². The molecule has 4 heteroatoms. The topological polar surface area (TPSA) is 50.4 Å². The first-order chi connectivity index (χ1) is 9.26. The standard InChI is InChI=1S/C15H16NO3/c1-18-14-9-5-7-12(15(14)19-2)16-10-11-6-3-4-8-13(11)17/h3-9,16H,10H2,1-2H3. The van der Waals surface area contributed by atoms with Gasteiger partial charge in [-0.2, -0.15) is 0 Å². The van der Waals surface area contributed by atoms with E-state index >= 15 is 0 Å². The molecule has 0 spiro atoms. The summed E-state index contributed by atoms with van der Waals surface area (Å²) in [5.41, 5.74) is 1.51. The highest BCUT2D eigenvalue weighted by atomic mass is 16.5. The number of para-hydroxylation sites is 2. The lowest BCUT2D eigenvalue weighted by Crippen LogP contribution is -2.02. The molecule has 1 N–H and O–H groups in total. The Kier molecular flexibility index (Phi) is 4.13. The second-order valence-corrected chi connectivity index (χ2v) is 4.00. The molecule has 19 heavy (non-hydrogen) atoms. The monoisotopic (exact) mass is 258 g/mol. The molecule has 0 unspecified atom stereocenters. The molecule has 1 radical (unpaired) electrons. The third kappa shape index (κ3) is 2.91. The lowest BCUT2D eigenvalue weighted by atomic mass is 10.2. The fraction of sp³-hybridized carbons (Fsp3) is 0.200. The van der Waals surface area contributed by atoms with Crippen molar-refractivity contribution in [1.82, 2.24) is 0 Å². The van der Waals surface area contributed by atoms with Crippen LogP contribution in [0.25, 0.3) is 0 Å². The first-order valence-electron chi connectivity index (χ1n) is 5.96. The number of nitrogens with one attached hydrogen (secondary N) is 1. The highest BCUT2D eigenvalue weighted by Gasteiger charge is 2.09. The van der Waals surface area contributed by atoms with E-state index in [1.54, 1.807) is 26.4 Å². The number of hydrogen-bond acceptors (Lipinski definition) is 3. The summed E-state index contributed by atoms with van der Waals surface area (Å²) in [6.45, 7) is 0.448. The third-order valence-electron chi connectivity index (χ3n) is 2.84. The van der Waals surface area contributed by atoms with Gasteiger partial charge < -0.3 is 14.8 Å². The average Bonchev–Trinajstić information content (AvgIpc) is 2.45. The first kappa shape index (κ1) is 13.1. The van der Waals surface area contributed by atoms with E-state index in [0.717, 1.165) is 5.69 Å². The minimum atomic E-state index is 0.0249. The Morgan fingerprint density at radius 3 is 2.47 bits per heavy atom. The van der Waals surface area contributed by atoms with Crippen molar-refractivity contribution >= 4 is 5.69 Å². The Balaban J connectivity index is 2.18. The largest absolute Gasteiger partial charge is 0.493 e. The van der Waals surface area contributed by atoms with Crippen molar-refractivity contribution < 1.29 is 14.6 Å². The van der Waals surface area contributed by atoms with Crippen molar-refractivity contribution in [1.29, 1.82) is 0 Å². The zero-order chi connectivity index (χ0) is 13.7. The van der Waals surface area contributed by atoms with Gasteiger partial charge in [0.2, 0.25) is 0 Å². The molecule has 2 aromatic carbocycles. The summed E-state index contributed by atoms with van der Waals surface area (Å²) in [6.07, 6.45) is 0. The fourth-order valence-corrected chi connectivity index (χ4v) is 1.87. The van der Waals surface area contributed by atoms with Crippen LogP contribution < -0.4 is 14.8 Å². The van der Waals surface area contributed by atoms with Crippen molar-refractivity contribution in [2.24, 2.45) is 0 Å². The Hall–Kier alpha value is -2.36. The first-order valence-corrected chi connectivity index (χ1v) is 5.96. The van der Waals surface area contributed by atoms with E-state index in [1.807, 2.05) is 30.3 Å². The van der Waals surface area contributed by atoms with Crippen LogP contribution in [-0.2, 0) is 11.7 Å². The quantitative estimate of drug-likeness (QED) is 0.893. The van der Waals surface area contributed by atoms with E-state index in [2.05, 4.69) is 5.32 Å². The van der Waals surface area contributed by atoms with Crippen LogP contribution >= 0.6 is 0 Å². The van der Waals surface area contributed by atoms with Crippen molar-refractivity contribution in [3.05, 3.63) is 48.0 Å². The summed E-state index contributed by atoms with van der Waals surface area (Å²) in [6, 6.07) is 12.5. The normalized spacial score (nSPS) is 10.0. The van der Waals surface area contributed by atoms with E-state index < -0.39 is 0 Å². The molecule has 2 rings (SSSR count). The molecule has 0 saturated heterocycles. The van der Waals surface area contributed by atoms with Crippen LogP contribution in [0.5, 0.6) is 17.2 Å². The molecule has 0 aliphatic carbocycles. The molecule has 0 aliphatic rings. The van der Waals surface area contributed by atoms with Gasteiger partial charge in [0.15, 0.2) is 17.2 Å². The fourth-order valence-electron chi connectivity index (χ4n) is 1.87. The molecule has 0 aliphatic heterocycles. The summed E-state index contributed by atoms with van der Waals surface area (Å²) in [5.74, 6) is 1.31. The Labute approximate surface area is 112 Å².